The maximum Gasteiger partial charge on any atom is -0.00143 e. The Morgan fingerprint density at radius 1 is 1.41 bits per heavy atom. The quantitative estimate of drug-likeness (QED) is 0.580. The second kappa shape index (κ2) is 6.02. The minimum atomic E-state index is 0.779. The van der Waals surface area contributed by atoms with Gasteiger partial charge in [0, 0.05) is 0 Å². The molecule has 0 aliphatic heterocycles. The number of nitrogens with one attached hydrogen (secondary N) is 1. The van der Waals surface area contributed by atoms with Gasteiger partial charge < -0.3 is 5.32 Å². The molecule has 1 aromatic rings. The molecule has 1 N–H and O–H groups in total. The van der Waals surface area contributed by atoms with Crippen LogP contribution in [-0.4, -0.2) is 13.1 Å². The molecule has 0 heterocycles. The van der Waals surface area contributed by atoms with Gasteiger partial charge in [-0.3, -0.25) is 0 Å². The van der Waals surface area contributed by atoms with Crippen molar-refractivity contribution in [1.82, 2.24) is 5.32 Å². The highest BCUT2D eigenvalue weighted by Gasteiger charge is 2.24. The summed E-state index contributed by atoms with van der Waals surface area (Å²) >= 11 is 0. The molecular weight excluding hydrogens is 206 g/mol. The predicted molar refractivity (Wildman–Crippen MR) is 74.4 cm³/mol. The molecule has 1 atom stereocenters. The van der Waals surface area contributed by atoms with Crippen molar-refractivity contribution in [2.75, 3.05) is 13.1 Å². The van der Waals surface area contributed by atoms with Gasteiger partial charge in [0.05, 0.1) is 0 Å². The van der Waals surface area contributed by atoms with Crippen molar-refractivity contribution in [2.24, 2.45) is 0 Å². The summed E-state index contributed by atoms with van der Waals surface area (Å²) in [6.07, 6.45) is 6.06. The zero-order valence-electron chi connectivity index (χ0n) is 11.0. The molecule has 0 saturated carbocycles. The summed E-state index contributed by atoms with van der Waals surface area (Å²) in [5.41, 5.74) is 4.67. The molecule has 0 fully saturated rings. The molecule has 17 heavy (non-hydrogen) atoms. The van der Waals surface area contributed by atoms with Gasteiger partial charge in [0.2, 0.25) is 0 Å². The Hall–Kier alpha value is -1.08. The fourth-order valence-electron chi connectivity index (χ4n) is 2.61. The molecular formula is C16H23N. The Morgan fingerprint density at radius 2 is 2.24 bits per heavy atom. The van der Waals surface area contributed by atoms with Gasteiger partial charge in [-0.2, -0.15) is 0 Å². The van der Waals surface area contributed by atoms with Crippen molar-refractivity contribution in [3.8, 4) is 0 Å². The molecule has 0 aromatic heterocycles. The Bertz CT molecular complexity index is 392. The molecule has 1 aromatic carbocycles. The molecule has 0 spiro atoms. The van der Waals surface area contributed by atoms with Gasteiger partial charge in [0.25, 0.3) is 0 Å². The zero-order valence-corrected chi connectivity index (χ0v) is 11.0. The van der Waals surface area contributed by atoms with Crippen LogP contribution in [0, 0.1) is 0 Å². The van der Waals surface area contributed by atoms with E-state index in [1.54, 1.807) is 16.7 Å². The first kappa shape index (κ1) is 12.4. The van der Waals surface area contributed by atoms with Gasteiger partial charge in [-0.25, -0.2) is 0 Å². The lowest BCUT2D eigenvalue weighted by Gasteiger charge is -2.30. The highest BCUT2D eigenvalue weighted by Crippen LogP contribution is 2.38. The van der Waals surface area contributed by atoms with E-state index in [0.717, 1.165) is 25.4 Å². The van der Waals surface area contributed by atoms with Crippen LogP contribution in [-0.2, 0) is 6.42 Å². The van der Waals surface area contributed by atoms with Crippen molar-refractivity contribution in [2.45, 2.75) is 39.0 Å². The zero-order chi connectivity index (χ0) is 12.1. The van der Waals surface area contributed by atoms with Gasteiger partial charge in [0.15, 0.2) is 0 Å². The summed E-state index contributed by atoms with van der Waals surface area (Å²) in [7, 11) is 0. The first-order valence-electron chi connectivity index (χ1n) is 6.75. The summed E-state index contributed by atoms with van der Waals surface area (Å²) in [5, 5.41) is 3.36. The predicted octanol–water partition coefficient (Wildman–Crippen LogP) is 3.66. The van der Waals surface area contributed by atoms with Crippen LogP contribution in [0.4, 0.5) is 0 Å². The van der Waals surface area contributed by atoms with E-state index < -0.39 is 0 Å². The van der Waals surface area contributed by atoms with Crippen molar-refractivity contribution < 1.29 is 0 Å². The summed E-state index contributed by atoms with van der Waals surface area (Å²) in [6, 6.07) is 8.86. The SMILES string of the molecule is CCNCCC=C(C)CC1Cc2ccccc21. The first-order valence-corrected chi connectivity index (χ1v) is 6.75. The molecule has 0 bridgehead atoms. The number of hydrogen-bond acceptors (Lipinski definition) is 1. The number of rotatable bonds is 6. The van der Waals surface area contributed by atoms with Gasteiger partial charge in [-0.05, 0) is 56.3 Å². The third-order valence-electron chi connectivity index (χ3n) is 3.59. The second-order valence-electron chi connectivity index (χ2n) is 5.00. The topological polar surface area (TPSA) is 12.0 Å². The molecule has 2 rings (SSSR count). The highest BCUT2D eigenvalue weighted by atomic mass is 14.8. The van der Waals surface area contributed by atoms with E-state index >= 15 is 0 Å². The summed E-state index contributed by atoms with van der Waals surface area (Å²) in [4.78, 5) is 0. The fraction of sp³-hybridized carbons (Fsp3) is 0.500. The monoisotopic (exact) mass is 229 g/mol. The Labute approximate surface area is 105 Å². The van der Waals surface area contributed by atoms with Gasteiger partial charge in [-0.1, -0.05) is 42.8 Å². The first-order chi connectivity index (χ1) is 8.31. The third kappa shape index (κ3) is 3.19. The molecule has 0 radical (unpaired) electrons. The summed E-state index contributed by atoms with van der Waals surface area (Å²) < 4.78 is 0. The Balaban J connectivity index is 1.79. The number of fused-ring (bicyclic) bond motifs is 1. The van der Waals surface area contributed by atoms with Crippen LogP contribution < -0.4 is 5.32 Å². The molecule has 1 nitrogen and oxygen atoms in total. The molecule has 1 aliphatic carbocycles. The lowest BCUT2D eigenvalue weighted by Crippen LogP contribution is -2.17. The molecule has 0 amide bonds. The van der Waals surface area contributed by atoms with Crippen LogP contribution in [0.1, 0.15) is 43.7 Å². The normalized spacial score (nSPS) is 18.7. The standard InChI is InChI=1S/C16H23N/c1-3-17-10-6-7-13(2)11-15-12-14-8-4-5-9-16(14)15/h4-5,7-9,15,17H,3,6,10-12H2,1-2H3. The number of benzene rings is 1. The molecule has 1 heteroatoms. The fourth-order valence-corrected chi connectivity index (χ4v) is 2.61. The lowest BCUT2D eigenvalue weighted by molar-refractivity contribution is 0.599. The Kier molecular flexibility index (Phi) is 4.38. The van der Waals surface area contributed by atoms with Gasteiger partial charge in [-0.15, -0.1) is 0 Å². The average Bonchev–Trinajstić information content (AvgIpc) is 2.32. The van der Waals surface area contributed by atoms with Crippen molar-refractivity contribution >= 4 is 0 Å². The van der Waals surface area contributed by atoms with Gasteiger partial charge in [0.1, 0.15) is 0 Å². The van der Waals surface area contributed by atoms with Crippen LogP contribution in [0.3, 0.4) is 0 Å². The second-order valence-corrected chi connectivity index (χ2v) is 5.00. The number of hydrogen-bond donors (Lipinski definition) is 1. The van der Waals surface area contributed by atoms with Gasteiger partial charge >= 0.3 is 0 Å². The van der Waals surface area contributed by atoms with Crippen molar-refractivity contribution in [3.05, 3.63) is 47.0 Å². The van der Waals surface area contributed by atoms with E-state index in [-0.39, 0.29) is 0 Å². The van der Waals surface area contributed by atoms with Crippen LogP contribution in [0.2, 0.25) is 0 Å². The highest BCUT2D eigenvalue weighted by molar-refractivity contribution is 5.40. The minimum absolute atomic E-state index is 0.779. The largest absolute Gasteiger partial charge is 0.317 e. The number of allylic oxidation sites excluding steroid dienone is 1. The van der Waals surface area contributed by atoms with Crippen molar-refractivity contribution in [3.63, 3.8) is 0 Å². The lowest BCUT2D eigenvalue weighted by atomic mass is 9.74. The van der Waals surface area contributed by atoms with E-state index in [1.807, 2.05) is 0 Å². The Morgan fingerprint density at radius 3 is 3.00 bits per heavy atom. The van der Waals surface area contributed by atoms with Crippen LogP contribution in [0.5, 0.6) is 0 Å². The van der Waals surface area contributed by atoms with E-state index in [2.05, 4.69) is 49.5 Å². The van der Waals surface area contributed by atoms with Crippen LogP contribution in [0.25, 0.3) is 0 Å². The summed E-state index contributed by atoms with van der Waals surface area (Å²) in [6.45, 7) is 6.60. The van der Waals surface area contributed by atoms with E-state index in [9.17, 15) is 0 Å². The molecule has 92 valence electrons. The molecule has 1 aliphatic rings. The van der Waals surface area contributed by atoms with Crippen LogP contribution >= 0.6 is 0 Å². The smallest absolute Gasteiger partial charge is 0.00143 e. The minimum Gasteiger partial charge on any atom is -0.317 e. The third-order valence-corrected chi connectivity index (χ3v) is 3.59. The molecule has 1 unspecified atom stereocenters. The van der Waals surface area contributed by atoms with Crippen molar-refractivity contribution in [1.29, 1.82) is 0 Å². The summed E-state index contributed by atoms with van der Waals surface area (Å²) in [5.74, 6) is 0.779. The van der Waals surface area contributed by atoms with Crippen LogP contribution in [0.15, 0.2) is 35.9 Å². The maximum absolute atomic E-state index is 3.36. The van der Waals surface area contributed by atoms with E-state index in [4.69, 9.17) is 0 Å². The van der Waals surface area contributed by atoms with E-state index in [1.165, 1.54) is 12.8 Å². The average molecular weight is 229 g/mol. The molecule has 0 saturated heterocycles. The van der Waals surface area contributed by atoms with E-state index in [0.29, 0.717) is 0 Å². The maximum atomic E-state index is 3.36.